The minimum Gasteiger partial charge on any atom is -0.494 e. The van der Waals surface area contributed by atoms with E-state index in [2.05, 4.69) is 64.7 Å². The van der Waals surface area contributed by atoms with E-state index in [1.165, 1.54) is 54.7 Å². The van der Waals surface area contributed by atoms with Crippen LogP contribution in [-0.2, 0) is 34.3 Å². The Morgan fingerprint density at radius 2 is 1.73 bits per heavy atom. The molecule has 4 aliphatic rings. The first-order valence-electron chi connectivity index (χ1n) is 23.9. The number of ether oxygens (including phenoxy) is 3. The summed E-state index contributed by atoms with van der Waals surface area (Å²) in [5.74, 6) is 2.87. The first-order valence-corrected chi connectivity index (χ1v) is 24.3. The van der Waals surface area contributed by atoms with Crippen LogP contribution in [0.4, 0.5) is 5.69 Å². The third kappa shape index (κ3) is 11.0. The number of rotatable bonds is 20. The molecule has 1 spiro atoms. The number of fused-ring (bicyclic) bond motifs is 3. The molecule has 1 saturated heterocycles. The second-order valence-electron chi connectivity index (χ2n) is 19.1. The van der Waals surface area contributed by atoms with Gasteiger partial charge in [-0.3, -0.25) is 14.7 Å². The maximum Gasteiger partial charge on any atom is 0.329 e. The number of carboxylic acid groups (broad SMARTS) is 1. The predicted molar refractivity (Wildman–Crippen MR) is 253 cm³/mol. The van der Waals surface area contributed by atoms with Crippen molar-refractivity contribution in [2.75, 3.05) is 51.3 Å². The Kier molecular flexibility index (Phi) is 15.0. The standard InChI is InChI=1S/C53H67ClN4O6/c1-37(36-64-48-19-25-55-47-14-5-9-38(2)50(47)48)31-41-33-40-16-17-45(35-46(40)52(41)20-22-53(23-21-52,51(60)61)57-43-12-7-11-42(54)34-43)62-29-8-15-49(59)56-24-18-39-10-6-13-44(32-39)63-30-28-58-26-3-4-27-58/h6-7,10-13,16-17,19,25,32,34-35,37-38,41,57H,3-5,8-9,14-15,18,20-24,26-31,33,36H2,1-2H3,(H,56,59)(H,60,61)/t37-,38-,41+,52?,53?/m1/s1. The molecule has 64 heavy (non-hydrogen) atoms. The van der Waals surface area contributed by atoms with Crippen LogP contribution in [0.3, 0.4) is 0 Å². The van der Waals surface area contributed by atoms with Gasteiger partial charge in [0.1, 0.15) is 29.4 Å². The van der Waals surface area contributed by atoms with Crippen LogP contribution in [0.5, 0.6) is 17.2 Å². The van der Waals surface area contributed by atoms with Crippen molar-refractivity contribution >= 4 is 29.2 Å². The van der Waals surface area contributed by atoms with Gasteiger partial charge >= 0.3 is 5.97 Å². The summed E-state index contributed by atoms with van der Waals surface area (Å²) in [7, 11) is 0. The lowest BCUT2D eigenvalue weighted by Gasteiger charge is -2.47. The predicted octanol–water partition coefficient (Wildman–Crippen LogP) is 10.2. The number of benzene rings is 3. The van der Waals surface area contributed by atoms with Crippen LogP contribution in [0.25, 0.3) is 0 Å². The number of aromatic nitrogens is 1. The lowest BCUT2D eigenvalue weighted by atomic mass is 9.59. The van der Waals surface area contributed by atoms with E-state index in [9.17, 15) is 14.7 Å². The number of nitrogens with one attached hydrogen (secondary N) is 2. The molecule has 3 aliphatic carbocycles. The van der Waals surface area contributed by atoms with Crippen molar-refractivity contribution in [3.63, 3.8) is 0 Å². The molecule has 11 heteroatoms. The molecule has 0 bridgehead atoms. The maximum absolute atomic E-state index is 13.1. The largest absolute Gasteiger partial charge is 0.494 e. The normalized spacial score (nSPS) is 23.2. The molecule has 1 saturated carbocycles. The highest BCUT2D eigenvalue weighted by Crippen LogP contribution is 2.57. The van der Waals surface area contributed by atoms with Gasteiger partial charge in [-0.15, -0.1) is 0 Å². The summed E-state index contributed by atoms with van der Waals surface area (Å²) in [5.41, 5.74) is 5.59. The average molecular weight is 892 g/mol. The van der Waals surface area contributed by atoms with E-state index in [1.807, 2.05) is 36.5 Å². The van der Waals surface area contributed by atoms with Crippen molar-refractivity contribution in [3.05, 3.63) is 112 Å². The number of amides is 1. The highest BCUT2D eigenvalue weighted by atomic mass is 35.5. The van der Waals surface area contributed by atoms with Crippen LogP contribution in [0.15, 0.2) is 79.0 Å². The minimum absolute atomic E-state index is 0.0179. The van der Waals surface area contributed by atoms with E-state index in [0.29, 0.717) is 68.9 Å². The number of halogens is 1. The van der Waals surface area contributed by atoms with E-state index in [4.69, 9.17) is 25.8 Å². The molecule has 1 aliphatic heterocycles. The van der Waals surface area contributed by atoms with Crippen molar-refractivity contribution in [1.82, 2.24) is 15.2 Å². The molecule has 2 heterocycles. The third-order valence-corrected chi connectivity index (χ3v) is 14.8. The Balaban J connectivity index is 0.878. The number of pyridine rings is 1. The van der Waals surface area contributed by atoms with Gasteiger partial charge in [-0.1, -0.05) is 49.7 Å². The molecule has 3 N–H and O–H groups in total. The number of nitrogens with zero attached hydrogens (tertiary/aromatic N) is 2. The Labute approximate surface area is 384 Å². The molecule has 10 nitrogen and oxygen atoms in total. The number of carbonyl (C=O) groups excluding carboxylic acids is 1. The number of aryl methyl sites for hydroxylation is 1. The highest BCUT2D eigenvalue weighted by molar-refractivity contribution is 6.30. The topological polar surface area (TPSA) is 122 Å². The summed E-state index contributed by atoms with van der Waals surface area (Å²) < 4.78 is 19.0. The van der Waals surface area contributed by atoms with Crippen LogP contribution in [-0.4, -0.2) is 78.4 Å². The zero-order chi connectivity index (χ0) is 44.5. The van der Waals surface area contributed by atoms with Crippen molar-refractivity contribution in [3.8, 4) is 17.2 Å². The number of likely N-dealkylation sites (tertiary alicyclic amines) is 1. The molecule has 0 radical (unpaired) electrons. The van der Waals surface area contributed by atoms with Gasteiger partial charge in [0.15, 0.2) is 0 Å². The second kappa shape index (κ2) is 21.0. The molecule has 2 fully saturated rings. The lowest BCUT2D eigenvalue weighted by Crippen LogP contribution is -2.53. The number of aliphatic carboxylic acids is 1. The maximum atomic E-state index is 13.1. The second-order valence-corrected chi connectivity index (χ2v) is 19.5. The summed E-state index contributed by atoms with van der Waals surface area (Å²) in [4.78, 5) is 33.1. The summed E-state index contributed by atoms with van der Waals surface area (Å²) >= 11 is 6.33. The summed E-state index contributed by atoms with van der Waals surface area (Å²) in [5, 5.41) is 17.8. The van der Waals surface area contributed by atoms with Crippen LogP contribution < -0.4 is 24.8 Å². The number of hydrogen-bond acceptors (Lipinski definition) is 8. The van der Waals surface area contributed by atoms with Crippen molar-refractivity contribution in [2.24, 2.45) is 11.8 Å². The monoisotopic (exact) mass is 890 g/mol. The van der Waals surface area contributed by atoms with Crippen molar-refractivity contribution in [1.29, 1.82) is 0 Å². The van der Waals surface area contributed by atoms with Gasteiger partial charge in [-0.05, 0) is 185 Å². The van der Waals surface area contributed by atoms with Gasteiger partial charge in [0.2, 0.25) is 5.91 Å². The number of anilines is 1. The quantitative estimate of drug-likeness (QED) is 0.0745. The molecule has 1 amide bonds. The van der Waals surface area contributed by atoms with E-state index in [0.717, 1.165) is 80.0 Å². The molecule has 4 aromatic rings. The minimum atomic E-state index is -1.10. The van der Waals surface area contributed by atoms with Crippen molar-refractivity contribution in [2.45, 2.75) is 121 Å². The molecule has 342 valence electrons. The molecular formula is C53H67ClN4O6. The molecule has 3 atom stereocenters. The third-order valence-electron chi connectivity index (χ3n) is 14.6. The Bertz CT molecular complexity index is 2220. The fraction of sp³-hybridized carbons (Fsp3) is 0.528. The van der Waals surface area contributed by atoms with Gasteiger partial charge in [0, 0.05) is 47.7 Å². The van der Waals surface area contributed by atoms with Crippen molar-refractivity contribution < 1.29 is 28.9 Å². The van der Waals surface area contributed by atoms with Gasteiger partial charge in [0.25, 0.3) is 0 Å². The van der Waals surface area contributed by atoms with Crippen LogP contribution in [0, 0.1) is 11.8 Å². The van der Waals surface area contributed by atoms with Gasteiger partial charge in [-0.25, -0.2) is 4.79 Å². The van der Waals surface area contributed by atoms with Gasteiger partial charge in [0.05, 0.1) is 13.2 Å². The molecule has 0 unspecified atom stereocenters. The van der Waals surface area contributed by atoms with E-state index >= 15 is 0 Å². The fourth-order valence-corrected chi connectivity index (χ4v) is 11.3. The molecule has 8 rings (SSSR count). The van der Waals surface area contributed by atoms with Crippen LogP contribution in [0.2, 0.25) is 5.02 Å². The zero-order valence-electron chi connectivity index (χ0n) is 37.8. The molecule has 3 aromatic carbocycles. The Hall–Kier alpha value is -4.80. The van der Waals surface area contributed by atoms with E-state index in [-0.39, 0.29) is 17.2 Å². The number of carbonyl (C=O) groups is 2. The number of carboxylic acids is 1. The fourth-order valence-electron chi connectivity index (χ4n) is 11.1. The smallest absolute Gasteiger partial charge is 0.329 e. The first-order chi connectivity index (χ1) is 31.1. The average Bonchev–Trinajstić information content (AvgIpc) is 3.91. The van der Waals surface area contributed by atoms with Gasteiger partial charge in [-0.2, -0.15) is 0 Å². The molecule has 1 aromatic heterocycles. The van der Waals surface area contributed by atoms with E-state index < -0.39 is 11.5 Å². The summed E-state index contributed by atoms with van der Waals surface area (Å²) in [6.07, 6.45) is 13.8. The Morgan fingerprint density at radius 3 is 2.55 bits per heavy atom. The number of hydrogen-bond donors (Lipinski definition) is 3. The lowest BCUT2D eigenvalue weighted by molar-refractivity contribution is -0.144. The Morgan fingerprint density at radius 1 is 0.938 bits per heavy atom. The summed E-state index contributed by atoms with van der Waals surface area (Å²) in [6, 6.07) is 24.0. The van der Waals surface area contributed by atoms with Crippen LogP contribution >= 0.6 is 11.6 Å². The SMILES string of the molecule is C[C@@H](COc1ccnc2c1[C@H](C)CCC2)C[C@H]1Cc2ccc(OCCCC(=O)NCCc3cccc(OCCN4CCCC4)c3)cc2C12CCC(Nc1cccc(Cl)c1)(C(=O)O)CC2. The van der Waals surface area contributed by atoms with Gasteiger partial charge < -0.3 is 30.0 Å². The zero-order valence-corrected chi connectivity index (χ0v) is 38.6. The first kappa shape index (κ1) is 45.8. The molecular weight excluding hydrogens is 824 g/mol. The van der Waals surface area contributed by atoms with E-state index in [1.54, 1.807) is 12.1 Å². The van der Waals surface area contributed by atoms with Crippen LogP contribution in [0.1, 0.15) is 118 Å². The summed E-state index contributed by atoms with van der Waals surface area (Å²) in [6.45, 7) is 10.2. The highest BCUT2D eigenvalue weighted by Gasteiger charge is 2.54.